The molecule has 0 N–H and O–H groups in total. The van der Waals surface area contributed by atoms with E-state index in [1.54, 1.807) is 0 Å². The van der Waals surface area contributed by atoms with Crippen molar-refractivity contribution >= 4 is 15.7 Å². The minimum Gasteiger partial charge on any atom is -0.340 e. The summed E-state index contributed by atoms with van der Waals surface area (Å²) in [5.41, 5.74) is 0. The molecule has 104 valence electrons. The molecule has 0 radical (unpaired) electrons. The third kappa shape index (κ3) is 3.68. The van der Waals surface area contributed by atoms with Crippen LogP contribution in [0.5, 0.6) is 0 Å². The van der Waals surface area contributed by atoms with Gasteiger partial charge in [-0.3, -0.25) is 9.69 Å². The molecule has 1 aliphatic heterocycles. The summed E-state index contributed by atoms with van der Waals surface area (Å²) in [4.78, 5) is 16.1. The molecule has 2 atom stereocenters. The Balaban J connectivity index is 1.73. The normalized spacial score (nSPS) is 29.3. The zero-order chi connectivity index (χ0) is 13.3. The maximum Gasteiger partial charge on any atom is 0.226 e. The molecule has 0 spiro atoms. The third-order valence-corrected chi connectivity index (χ3v) is 4.81. The Bertz CT molecular complexity index is 413. The number of rotatable bonds is 4. The monoisotopic (exact) mass is 274 g/mol. The van der Waals surface area contributed by atoms with E-state index in [9.17, 15) is 13.2 Å². The summed E-state index contributed by atoms with van der Waals surface area (Å²) >= 11 is 0. The fourth-order valence-electron chi connectivity index (χ4n) is 2.39. The smallest absolute Gasteiger partial charge is 0.226 e. The van der Waals surface area contributed by atoms with Crippen LogP contribution in [0.25, 0.3) is 0 Å². The minimum atomic E-state index is -2.89. The van der Waals surface area contributed by atoms with Crippen molar-refractivity contribution in [2.75, 3.05) is 44.7 Å². The van der Waals surface area contributed by atoms with Crippen LogP contribution in [-0.2, 0) is 14.6 Å². The summed E-state index contributed by atoms with van der Waals surface area (Å²) in [5.74, 6) is 1.32. The highest BCUT2D eigenvalue weighted by molar-refractivity contribution is 7.90. The number of nitrogens with zero attached hydrogens (tertiary/aromatic N) is 2. The number of hydrogen-bond acceptors (Lipinski definition) is 4. The lowest BCUT2D eigenvalue weighted by molar-refractivity contribution is -0.134. The molecule has 1 aliphatic carbocycles. The molecular formula is C12H22N2O3S. The Kier molecular flexibility index (Phi) is 3.96. The van der Waals surface area contributed by atoms with Crippen molar-refractivity contribution in [3.05, 3.63) is 0 Å². The molecular weight excluding hydrogens is 252 g/mol. The Morgan fingerprint density at radius 2 is 1.78 bits per heavy atom. The van der Waals surface area contributed by atoms with E-state index in [0.717, 1.165) is 32.6 Å². The van der Waals surface area contributed by atoms with Gasteiger partial charge in [-0.1, -0.05) is 6.92 Å². The van der Waals surface area contributed by atoms with Gasteiger partial charge in [0.15, 0.2) is 0 Å². The van der Waals surface area contributed by atoms with Gasteiger partial charge in [-0.25, -0.2) is 8.42 Å². The Morgan fingerprint density at radius 1 is 1.22 bits per heavy atom. The van der Waals surface area contributed by atoms with Gasteiger partial charge in [0, 0.05) is 44.9 Å². The first kappa shape index (κ1) is 13.8. The second-order valence-electron chi connectivity index (χ2n) is 5.62. The predicted molar refractivity (Wildman–Crippen MR) is 70.0 cm³/mol. The first-order valence-electron chi connectivity index (χ1n) is 6.55. The van der Waals surface area contributed by atoms with Gasteiger partial charge >= 0.3 is 0 Å². The van der Waals surface area contributed by atoms with E-state index >= 15 is 0 Å². The maximum atomic E-state index is 12.0. The van der Waals surface area contributed by atoms with E-state index in [4.69, 9.17) is 0 Å². The first-order valence-corrected chi connectivity index (χ1v) is 8.62. The lowest BCUT2D eigenvalue weighted by Gasteiger charge is -2.34. The van der Waals surface area contributed by atoms with Gasteiger partial charge in [0.25, 0.3) is 0 Å². The molecule has 1 saturated heterocycles. The van der Waals surface area contributed by atoms with Crippen LogP contribution in [0.15, 0.2) is 0 Å². The summed E-state index contributed by atoms with van der Waals surface area (Å²) in [6, 6.07) is 0. The summed E-state index contributed by atoms with van der Waals surface area (Å²) in [7, 11) is -2.89. The summed E-state index contributed by atoms with van der Waals surface area (Å²) in [6.45, 7) is 5.77. The van der Waals surface area contributed by atoms with Gasteiger partial charge in [-0.2, -0.15) is 0 Å². The van der Waals surface area contributed by atoms with Crippen LogP contribution < -0.4 is 0 Å². The highest BCUT2D eigenvalue weighted by Crippen LogP contribution is 2.39. The molecule has 2 fully saturated rings. The van der Waals surface area contributed by atoms with Gasteiger partial charge in [0.05, 0.1) is 5.75 Å². The van der Waals surface area contributed by atoms with Gasteiger partial charge in [0.2, 0.25) is 5.91 Å². The van der Waals surface area contributed by atoms with Crippen molar-refractivity contribution in [2.45, 2.75) is 13.3 Å². The number of carbonyl (C=O) groups is 1. The van der Waals surface area contributed by atoms with Crippen LogP contribution in [0, 0.1) is 11.8 Å². The lowest BCUT2D eigenvalue weighted by Crippen LogP contribution is -2.50. The molecule has 0 aromatic carbocycles. The summed E-state index contributed by atoms with van der Waals surface area (Å²) in [5, 5.41) is 0. The number of carbonyl (C=O) groups excluding carboxylic acids is 1. The predicted octanol–water partition coefficient (Wildman–Crippen LogP) is -0.169. The zero-order valence-electron chi connectivity index (χ0n) is 11.1. The van der Waals surface area contributed by atoms with Crippen molar-refractivity contribution in [1.82, 2.24) is 9.80 Å². The van der Waals surface area contributed by atoms with Gasteiger partial charge in [0.1, 0.15) is 9.84 Å². The highest BCUT2D eigenvalue weighted by atomic mass is 32.2. The van der Waals surface area contributed by atoms with Crippen LogP contribution in [0.4, 0.5) is 0 Å². The molecule has 1 amide bonds. The molecule has 0 bridgehead atoms. The number of amides is 1. The zero-order valence-corrected chi connectivity index (χ0v) is 11.9. The number of hydrogen-bond donors (Lipinski definition) is 0. The molecule has 2 unspecified atom stereocenters. The number of sulfone groups is 1. The maximum absolute atomic E-state index is 12.0. The second kappa shape index (κ2) is 5.17. The topological polar surface area (TPSA) is 57.7 Å². The fourth-order valence-corrected chi connectivity index (χ4v) is 2.98. The summed E-state index contributed by atoms with van der Waals surface area (Å²) < 4.78 is 22.2. The van der Waals surface area contributed by atoms with Crippen molar-refractivity contribution < 1.29 is 13.2 Å². The van der Waals surface area contributed by atoms with Crippen molar-refractivity contribution in [3.8, 4) is 0 Å². The molecule has 0 aromatic heterocycles. The minimum absolute atomic E-state index is 0.209. The Morgan fingerprint density at radius 3 is 2.22 bits per heavy atom. The molecule has 0 aromatic rings. The van der Waals surface area contributed by atoms with Crippen LogP contribution in [0.1, 0.15) is 13.3 Å². The first-order chi connectivity index (χ1) is 8.37. The molecule has 1 saturated carbocycles. The SMILES string of the molecule is CC1CC1C(=O)N1CCN(CCS(C)(=O)=O)CC1. The van der Waals surface area contributed by atoms with E-state index in [0.29, 0.717) is 18.4 Å². The van der Waals surface area contributed by atoms with E-state index in [2.05, 4.69) is 11.8 Å². The van der Waals surface area contributed by atoms with E-state index in [1.807, 2.05) is 4.90 Å². The highest BCUT2D eigenvalue weighted by Gasteiger charge is 2.41. The molecule has 6 heteroatoms. The number of piperazine rings is 1. The van der Waals surface area contributed by atoms with Gasteiger partial charge in [-0.15, -0.1) is 0 Å². The molecule has 18 heavy (non-hydrogen) atoms. The molecule has 1 heterocycles. The molecule has 2 rings (SSSR count). The van der Waals surface area contributed by atoms with Crippen LogP contribution >= 0.6 is 0 Å². The average Bonchev–Trinajstić information content (AvgIpc) is 3.03. The molecule has 5 nitrogen and oxygen atoms in total. The fraction of sp³-hybridized carbons (Fsp3) is 0.917. The van der Waals surface area contributed by atoms with Crippen LogP contribution in [0.3, 0.4) is 0 Å². The van der Waals surface area contributed by atoms with E-state index < -0.39 is 9.84 Å². The van der Waals surface area contributed by atoms with E-state index in [-0.39, 0.29) is 11.7 Å². The van der Waals surface area contributed by atoms with Crippen molar-refractivity contribution in [3.63, 3.8) is 0 Å². The van der Waals surface area contributed by atoms with Gasteiger partial charge in [-0.05, 0) is 12.3 Å². The average molecular weight is 274 g/mol. The molecule has 2 aliphatic rings. The second-order valence-corrected chi connectivity index (χ2v) is 7.88. The third-order valence-electron chi connectivity index (χ3n) is 3.89. The van der Waals surface area contributed by atoms with Gasteiger partial charge < -0.3 is 4.90 Å². The van der Waals surface area contributed by atoms with Crippen LogP contribution in [-0.4, -0.2) is 68.9 Å². The van der Waals surface area contributed by atoms with Crippen molar-refractivity contribution in [1.29, 1.82) is 0 Å². The largest absolute Gasteiger partial charge is 0.340 e. The van der Waals surface area contributed by atoms with Crippen LogP contribution in [0.2, 0.25) is 0 Å². The standard InChI is InChI=1S/C12H22N2O3S/c1-10-9-11(10)12(15)14-5-3-13(4-6-14)7-8-18(2,16)17/h10-11H,3-9H2,1-2H3. The Hall–Kier alpha value is -0.620. The quantitative estimate of drug-likeness (QED) is 0.714. The van der Waals surface area contributed by atoms with E-state index in [1.165, 1.54) is 6.26 Å². The van der Waals surface area contributed by atoms with Crippen molar-refractivity contribution in [2.24, 2.45) is 11.8 Å². The Labute approximate surface area is 109 Å². The summed E-state index contributed by atoms with van der Waals surface area (Å²) in [6.07, 6.45) is 2.30. The lowest BCUT2D eigenvalue weighted by atomic mass is 10.2.